The number of benzene rings is 1. The fourth-order valence-electron chi connectivity index (χ4n) is 2.03. The SMILES string of the molecule is O=Cc1ccc(N2CCCS(=O)(=O)CC2)c(F)c1. The van der Waals surface area contributed by atoms with Crippen LogP contribution in [-0.2, 0) is 9.84 Å². The molecule has 0 spiro atoms. The molecule has 1 aromatic carbocycles. The van der Waals surface area contributed by atoms with Gasteiger partial charge in [0.05, 0.1) is 17.2 Å². The summed E-state index contributed by atoms with van der Waals surface area (Å²) in [4.78, 5) is 12.2. The van der Waals surface area contributed by atoms with Gasteiger partial charge in [-0.25, -0.2) is 12.8 Å². The first kappa shape index (κ1) is 13.0. The minimum atomic E-state index is -3.01. The van der Waals surface area contributed by atoms with Gasteiger partial charge in [-0.2, -0.15) is 0 Å². The van der Waals surface area contributed by atoms with E-state index in [0.29, 0.717) is 31.5 Å². The molecule has 98 valence electrons. The van der Waals surface area contributed by atoms with Crippen LogP contribution in [0.4, 0.5) is 10.1 Å². The molecule has 1 aromatic rings. The van der Waals surface area contributed by atoms with E-state index in [4.69, 9.17) is 0 Å². The van der Waals surface area contributed by atoms with Crippen LogP contribution in [-0.4, -0.2) is 39.3 Å². The van der Waals surface area contributed by atoms with Gasteiger partial charge in [0.25, 0.3) is 0 Å². The number of halogens is 1. The first-order valence-corrected chi connectivity index (χ1v) is 7.54. The summed E-state index contributed by atoms with van der Waals surface area (Å²) in [5, 5.41) is 0. The monoisotopic (exact) mass is 271 g/mol. The second-order valence-electron chi connectivity index (χ2n) is 4.32. The third-order valence-corrected chi connectivity index (χ3v) is 4.72. The van der Waals surface area contributed by atoms with Crippen molar-refractivity contribution in [2.24, 2.45) is 0 Å². The normalized spacial score (nSPS) is 19.3. The van der Waals surface area contributed by atoms with Gasteiger partial charge in [-0.3, -0.25) is 4.79 Å². The van der Waals surface area contributed by atoms with Gasteiger partial charge >= 0.3 is 0 Å². The molecular formula is C12H14FNO3S. The molecule has 0 aliphatic carbocycles. The van der Waals surface area contributed by atoms with Crippen LogP contribution in [0.3, 0.4) is 0 Å². The van der Waals surface area contributed by atoms with Crippen LogP contribution >= 0.6 is 0 Å². The molecule has 1 aliphatic rings. The van der Waals surface area contributed by atoms with E-state index >= 15 is 0 Å². The molecule has 4 nitrogen and oxygen atoms in total. The van der Waals surface area contributed by atoms with E-state index in [-0.39, 0.29) is 17.1 Å². The maximum atomic E-state index is 13.8. The topological polar surface area (TPSA) is 54.5 Å². The summed E-state index contributed by atoms with van der Waals surface area (Å²) < 4.78 is 36.7. The Morgan fingerprint density at radius 2 is 2.00 bits per heavy atom. The zero-order chi connectivity index (χ0) is 13.2. The fourth-order valence-corrected chi connectivity index (χ4v) is 3.30. The number of carbonyl (C=O) groups is 1. The number of aldehydes is 1. The molecule has 0 amide bonds. The molecule has 1 aliphatic heterocycles. The summed E-state index contributed by atoms with van der Waals surface area (Å²) in [6, 6.07) is 4.23. The van der Waals surface area contributed by atoms with Crippen molar-refractivity contribution in [1.29, 1.82) is 0 Å². The van der Waals surface area contributed by atoms with Gasteiger partial charge in [0.1, 0.15) is 12.1 Å². The van der Waals surface area contributed by atoms with Gasteiger partial charge in [-0.05, 0) is 24.6 Å². The van der Waals surface area contributed by atoms with Crippen LogP contribution in [0.25, 0.3) is 0 Å². The minimum absolute atomic E-state index is 0.0435. The Labute approximate surface area is 105 Å². The Bertz CT molecular complexity index is 556. The van der Waals surface area contributed by atoms with Gasteiger partial charge in [-0.15, -0.1) is 0 Å². The molecule has 1 saturated heterocycles. The summed E-state index contributed by atoms with van der Waals surface area (Å²) in [5.74, 6) is -0.293. The highest BCUT2D eigenvalue weighted by Gasteiger charge is 2.21. The molecule has 0 atom stereocenters. The van der Waals surface area contributed by atoms with Gasteiger partial charge in [-0.1, -0.05) is 0 Å². The van der Waals surface area contributed by atoms with E-state index in [9.17, 15) is 17.6 Å². The van der Waals surface area contributed by atoms with Gasteiger partial charge in [0.2, 0.25) is 0 Å². The zero-order valence-electron chi connectivity index (χ0n) is 9.80. The summed E-state index contributed by atoms with van der Waals surface area (Å²) in [6.07, 6.45) is 1.08. The molecule has 0 saturated carbocycles. The molecule has 0 aromatic heterocycles. The first-order chi connectivity index (χ1) is 8.52. The van der Waals surface area contributed by atoms with Crippen LogP contribution in [0.15, 0.2) is 18.2 Å². The number of rotatable bonds is 2. The molecule has 0 unspecified atom stereocenters. The van der Waals surface area contributed by atoms with Crippen molar-refractivity contribution in [1.82, 2.24) is 0 Å². The molecule has 0 bridgehead atoms. The lowest BCUT2D eigenvalue weighted by Crippen LogP contribution is -2.27. The van der Waals surface area contributed by atoms with Crippen molar-refractivity contribution >= 4 is 21.8 Å². The molecular weight excluding hydrogens is 257 g/mol. The summed E-state index contributed by atoms with van der Waals surface area (Å²) in [5.41, 5.74) is 0.636. The Morgan fingerprint density at radius 1 is 1.22 bits per heavy atom. The molecule has 18 heavy (non-hydrogen) atoms. The van der Waals surface area contributed by atoms with Crippen molar-refractivity contribution in [3.8, 4) is 0 Å². The average Bonchev–Trinajstić information content (AvgIpc) is 2.50. The van der Waals surface area contributed by atoms with Crippen LogP contribution in [0.5, 0.6) is 0 Å². The van der Waals surface area contributed by atoms with Gasteiger partial charge in [0, 0.05) is 18.7 Å². The third-order valence-electron chi connectivity index (χ3n) is 3.00. The number of carbonyl (C=O) groups excluding carboxylic acids is 1. The predicted octanol–water partition coefficient (Wildman–Crippen LogP) is 1.26. The van der Waals surface area contributed by atoms with E-state index in [2.05, 4.69) is 0 Å². The number of nitrogens with zero attached hydrogens (tertiary/aromatic N) is 1. The maximum absolute atomic E-state index is 13.8. The lowest BCUT2D eigenvalue weighted by atomic mass is 10.2. The van der Waals surface area contributed by atoms with E-state index in [1.165, 1.54) is 18.2 Å². The maximum Gasteiger partial charge on any atom is 0.152 e. The van der Waals surface area contributed by atoms with Crippen LogP contribution in [0, 0.1) is 5.82 Å². The number of sulfone groups is 1. The predicted molar refractivity (Wildman–Crippen MR) is 67.3 cm³/mol. The third kappa shape index (κ3) is 2.87. The van der Waals surface area contributed by atoms with Crippen molar-refractivity contribution in [2.45, 2.75) is 6.42 Å². The summed E-state index contributed by atoms with van der Waals surface area (Å²) in [6.45, 7) is 0.802. The van der Waals surface area contributed by atoms with Gasteiger partial charge < -0.3 is 4.90 Å². The number of anilines is 1. The lowest BCUT2D eigenvalue weighted by Gasteiger charge is -2.22. The lowest BCUT2D eigenvalue weighted by molar-refractivity contribution is 0.112. The van der Waals surface area contributed by atoms with Crippen LogP contribution in [0.2, 0.25) is 0 Å². The van der Waals surface area contributed by atoms with E-state index in [0.717, 1.165) is 0 Å². The zero-order valence-corrected chi connectivity index (χ0v) is 10.6. The minimum Gasteiger partial charge on any atom is -0.368 e. The highest BCUT2D eigenvalue weighted by atomic mass is 32.2. The molecule has 2 rings (SSSR count). The van der Waals surface area contributed by atoms with E-state index < -0.39 is 15.7 Å². The number of hydrogen-bond acceptors (Lipinski definition) is 4. The Kier molecular flexibility index (Phi) is 3.65. The molecule has 1 fully saturated rings. The van der Waals surface area contributed by atoms with E-state index in [1.54, 1.807) is 4.90 Å². The van der Waals surface area contributed by atoms with Crippen molar-refractivity contribution in [3.63, 3.8) is 0 Å². The quantitative estimate of drug-likeness (QED) is 0.760. The van der Waals surface area contributed by atoms with E-state index in [1.807, 2.05) is 0 Å². The van der Waals surface area contributed by atoms with Crippen LogP contribution < -0.4 is 4.90 Å². The van der Waals surface area contributed by atoms with Crippen molar-refractivity contribution < 1.29 is 17.6 Å². The second kappa shape index (κ2) is 5.06. The summed E-state index contributed by atoms with van der Waals surface area (Å²) >= 11 is 0. The Balaban J connectivity index is 2.24. The number of hydrogen-bond donors (Lipinski definition) is 0. The second-order valence-corrected chi connectivity index (χ2v) is 6.62. The molecule has 1 heterocycles. The largest absolute Gasteiger partial charge is 0.368 e. The molecule has 0 N–H and O–H groups in total. The fraction of sp³-hybridized carbons (Fsp3) is 0.417. The highest BCUT2D eigenvalue weighted by Crippen LogP contribution is 2.22. The van der Waals surface area contributed by atoms with Gasteiger partial charge in [0.15, 0.2) is 9.84 Å². The first-order valence-electron chi connectivity index (χ1n) is 5.72. The summed E-state index contributed by atoms with van der Waals surface area (Å²) in [7, 11) is -3.01. The smallest absolute Gasteiger partial charge is 0.152 e. The van der Waals surface area contributed by atoms with Crippen molar-refractivity contribution in [3.05, 3.63) is 29.6 Å². The Morgan fingerprint density at radius 3 is 2.67 bits per heavy atom. The molecule has 6 heteroatoms. The molecule has 0 radical (unpaired) electrons. The Hall–Kier alpha value is -1.43. The van der Waals surface area contributed by atoms with Crippen LogP contribution in [0.1, 0.15) is 16.8 Å². The average molecular weight is 271 g/mol. The highest BCUT2D eigenvalue weighted by molar-refractivity contribution is 7.91. The standard InChI is InChI=1S/C12H14FNO3S/c13-11-8-10(9-15)2-3-12(11)14-4-1-6-18(16,17)7-5-14/h2-3,8-9H,1,4-7H2. The van der Waals surface area contributed by atoms with Crippen molar-refractivity contribution in [2.75, 3.05) is 29.5 Å².